The fourth-order valence-electron chi connectivity index (χ4n) is 2.74. The summed E-state index contributed by atoms with van der Waals surface area (Å²) in [7, 11) is 0. The number of fused-ring (bicyclic) bond motifs is 2. The average molecular weight is 231 g/mol. The van der Waals surface area contributed by atoms with Crippen molar-refractivity contribution in [1.82, 2.24) is 0 Å². The molecule has 0 radical (unpaired) electrons. The number of carbonyl (C=O) groups excluding carboxylic acids is 1. The van der Waals surface area contributed by atoms with Crippen molar-refractivity contribution in [1.29, 1.82) is 0 Å². The van der Waals surface area contributed by atoms with Crippen molar-refractivity contribution < 1.29 is 4.79 Å². The molecule has 17 heavy (non-hydrogen) atoms. The van der Waals surface area contributed by atoms with Crippen LogP contribution in [0.5, 0.6) is 0 Å². The van der Waals surface area contributed by atoms with Crippen molar-refractivity contribution in [3.05, 3.63) is 17.7 Å². The Morgan fingerprint density at radius 1 is 1.12 bits per heavy atom. The second kappa shape index (κ2) is 3.39. The first-order valence-corrected chi connectivity index (χ1v) is 6.08. The summed E-state index contributed by atoms with van der Waals surface area (Å²) in [6, 6.07) is 4.13. The van der Waals surface area contributed by atoms with Gasteiger partial charge in [0.05, 0.1) is 23.5 Å². The minimum atomic E-state index is -0.0204. The molecule has 90 valence electrons. The van der Waals surface area contributed by atoms with E-state index in [2.05, 4.69) is 42.8 Å². The predicted octanol–water partition coefficient (Wildman–Crippen LogP) is 2.56. The van der Waals surface area contributed by atoms with Crippen molar-refractivity contribution in [2.75, 3.05) is 16.0 Å². The Labute approximate surface area is 101 Å². The van der Waals surface area contributed by atoms with Crippen molar-refractivity contribution in [3.63, 3.8) is 0 Å². The van der Waals surface area contributed by atoms with Crippen molar-refractivity contribution in [2.24, 2.45) is 5.92 Å². The predicted molar refractivity (Wildman–Crippen MR) is 69.4 cm³/mol. The van der Waals surface area contributed by atoms with E-state index in [1.807, 2.05) is 6.07 Å². The molecule has 1 aromatic rings. The van der Waals surface area contributed by atoms with Gasteiger partial charge in [-0.3, -0.25) is 4.79 Å². The summed E-state index contributed by atoms with van der Waals surface area (Å²) < 4.78 is 0. The Kier molecular flexibility index (Phi) is 2.08. The minimum absolute atomic E-state index is 0.0204. The third kappa shape index (κ3) is 1.47. The maximum absolute atomic E-state index is 11.9. The molecule has 0 saturated carbocycles. The molecule has 0 spiro atoms. The Morgan fingerprint density at radius 3 is 2.41 bits per heavy atom. The molecular formula is C13H17N3O. The van der Waals surface area contributed by atoms with Gasteiger partial charge in [-0.15, -0.1) is 0 Å². The number of anilines is 3. The van der Waals surface area contributed by atoms with Gasteiger partial charge in [0.25, 0.3) is 0 Å². The summed E-state index contributed by atoms with van der Waals surface area (Å²) in [5.74, 6) is 0.417. The molecule has 0 aromatic heterocycles. The van der Waals surface area contributed by atoms with Crippen molar-refractivity contribution in [3.8, 4) is 0 Å². The number of hydrogen-bond acceptors (Lipinski definition) is 3. The summed E-state index contributed by atoms with van der Waals surface area (Å²) in [6.07, 6.45) is 0.251. The number of nitrogens with one attached hydrogen (secondary N) is 3. The SMILES string of the molecule is CC1Nc2cc3c(cc2N1)C(C(C)C)C(=O)N3. The summed E-state index contributed by atoms with van der Waals surface area (Å²) in [6.45, 7) is 6.24. The van der Waals surface area contributed by atoms with Crippen LogP contribution in [0.4, 0.5) is 17.1 Å². The van der Waals surface area contributed by atoms with Crippen LogP contribution in [0, 0.1) is 5.92 Å². The van der Waals surface area contributed by atoms with Crippen LogP contribution >= 0.6 is 0 Å². The lowest BCUT2D eigenvalue weighted by Gasteiger charge is -2.13. The standard InChI is InChI=1S/C13H17N3O/c1-6(2)12-8-4-10-11(15-7(3)14-10)5-9(8)16-13(12)17/h4-7,12,14-15H,1-3H3,(H,16,17). The fourth-order valence-corrected chi connectivity index (χ4v) is 2.74. The monoisotopic (exact) mass is 231 g/mol. The van der Waals surface area contributed by atoms with E-state index in [4.69, 9.17) is 0 Å². The number of hydrogen-bond donors (Lipinski definition) is 3. The van der Waals surface area contributed by atoms with E-state index in [-0.39, 0.29) is 18.0 Å². The second-order valence-electron chi connectivity index (χ2n) is 5.21. The normalized spacial score (nSPS) is 25.1. The lowest BCUT2D eigenvalue weighted by Crippen LogP contribution is -2.17. The maximum Gasteiger partial charge on any atom is 0.232 e. The molecule has 1 aromatic carbocycles. The molecule has 0 bridgehead atoms. The van der Waals surface area contributed by atoms with Gasteiger partial charge in [-0.2, -0.15) is 0 Å². The van der Waals surface area contributed by atoms with E-state index in [1.165, 1.54) is 0 Å². The van der Waals surface area contributed by atoms with E-state index < -0.39 is 0 Å². The highest BCUT2D eigenvalue weighted by Crippen LogP contribution is 2.43. The Bertz CT molecular complexity index is 496. The largest absolute Gasteiger partial charge is 0.364 e. The van der Waals surface area contributed by atoms with Gasteiger partial charge in [-0.05, 0) is 30.5 Å². The molecule has 3 N–H and O–H groups in total. The highest BCUT2D eigenvalue weighted by atomic mass is 16.2. The highest BCUT2D eigenvalue weighted by Gasteiger charge is 2.34. The Morgan fingerprint density at radius 2 is 1.76 bits per heavy atom. The van der Waals surface area contributed by atoms with Crippen LogP contribution in [0.3, 0.4) is 0 Å². The molecule has 2 atom stereocenters. The topological polar surface area (TPSA) is 53.2 Å². The van der Waals surface area contributed by atoms with Crippen LogP contribution in [0.2, 0.25) is 0 Å². The zero-order chi connectivity index (χ0) is 12.2. The summed E-state index contributed by atoms with van der Waals surface area (Å²) >= 11 is 0. The third-order valence-corrected chi connectivity index (χ3v) is 3.48. The van der Waals surface area contributed by atoms with Gasteiger partial charge < -0.3 is 16.0 Å². The number of carbonyl (C=O) groups is 1. The molecule has 2 aliphatic heterocycles. The highest BCUT2D eigenvalue weighted by molar-refractivity contribution is 6.04. The second-order valence-corrected chi connectivity index (χ2v) is 5.21. The van der Waals surface area contributed by atoms with Gasteiger partial charge in [0.2, 0.25) is 5.91 Å². The van der Waals surface area contributed by atoms with Crippen LogP contribution < -0.4 is 16.0 Å². The number of amides is 1. The Hall–Kier alpha value is -1.71. The van der Waals surface area contributed by atoms with Crippen molar-refractivity contribution in [2.45, 2.75) is 32.9 Å². The molecule has 2 unspecified atom stereocenters. The van der Waals surface area contributed by atoms with Gasteiger partial charge in [0.15, 0.2) is 0 Å². The third-order valence-electron chi connectivity index (χ3n) is 3.48. The van der Waals surface area contributed by atoms with Crippen LogP contribution in [0.15, 0.2) is 12.1 Å². The van der Waals surface area contributed by atoms with Gasteiger partial charge >= 0.3 is 0 Å². The molecule has 3 rings (SSSR count). The molecule has 0 saturated heterocycles. The summed E-state index contributed by atoms with van der Waals surface area (Å²) in [4.78, 5) is 11.9. The fraction of sp³-hybridized carbons (Fsp3) is 0.462. The summed E-state index contributed by atoms with van der Waals surface area (Å²) in [5.41, 5.74) is 4.24. The zero-order valence-electron chi connectivity index (χ0n) is 10.3. The van der Waals surface area contributed by atoms with E-state index in [0.29, 0.717) is 5.92 Å². The van der Waals surface area contributed by atoms with Gasteiger partial charge in [-0.1, -0.05) is 13.8 Å². The minimum Gasteiger partial charge on any atom is -0.364 e. The molecule has 4 heteroatoms. The number of rotatable bonds is 1. The maximum atomic E-state index is 11.9. The van der Waals surface area contributed by atoms with E-state index in [9.17, 15) is 4.79 Å². The lowest BCUT2D eigenvalue weighted by atomic mass is 9.89. The van der Waals surface area contributed by atoms with E-state index >= 15 is 0 Å². The van der Waals surface area contributed by atoms with Crippen LogP contribution in [0.1, 0.15) is 32.3 Å². The molecule has 2 heterocycles. The molecule has 1 amide bonds. The first-order chi connectivity index (χ1) is 8.06. The first-order valence-electron chi connectivity index (χ1n) is 6.08. The lowest BCUT2D eigenvalue weighted by molar-refractivity contribution is -0.117. The molecule has 4 nitrogen and oxygen atoms in total. The molecule has 0 aliphatic carbocycles. The van der Waals surface area contributed by atoms with E-state index in [1.54, 1.807) is 0 Å². The summed E-state index contributed by atoms with van der Waals surface area (Å²) in [5, 5.41) is 9.64. The van der Waals surface area contributed by atoms with Gasteiger partial charge in [0, 0.05) is 5.69 Å². The number of benzene rings is 1. The average Bonchev–Trinajstić information content (AvgIpc) is 2.70. The first kappa shape index (κ1) is 10.4. The van der Waals surface area contributed by atoms with Gasteiger partial charge in [-0.25, -0.2) is 0 Å². The Balaban J connectivity index is 2.07. The quantitative estimate of drug-likeness (QED) is 0.696. The molecule has 0 fully saturated rings. The smallest absolute Gasteiger partial charge is 0.232 e. The van der Waals surface area contributed by atoms with Crippen molar-refractivity contribution >= 4 is 23.0 Å². The van der Waals surface area contributed by atoms with Crippen LogP contribution in [-0.2, 0) is 4.79 Å². The van der Waals surface area contributed by atoms with Gasteiger partial charge in [0.1, 0.15) is 0 Å². The van der Waals surface area contributed by atoms with E-state index in [0.717, 1.165) is 22.6 Å². The molecule has 2 aliphatic rings. The zero-order valence-corrected chi connectivity index (χ0v) is 10.3. The molecular weight excluding hydrogens is 214 g/mol. The van der Waals surface area contributed by atoms with Crippen LogP contribution in [-0.4, -0.2) is 12.1 Å². The van der Waals surface area contributed by atoms with Crippen LogP contribution in [0.25, 0.3) is 0 Å².